The van der Waals surface area contributed by atoms with Gasteiger partial charge >= 0.3 is 0 Å². The van der Waals surface area contributed by atoms with Gasteiger partial charge in [0.05, 0.1) is 0 Å². The fourth-order valence-corrected chi connectivity index (χ4v) is 2.51. The van der Waals surface area contributed by atoms with Gasteiger partial charge in [0.15, 0.2) is 11.5 Å². The van der Waals surface area contributed by atoms with Crippen molar-refractivity contribution in [1.29, 1.82) is 0 Å². The predicted molar refractivity (Wildman–Crippen MR) is 91.9 cm³/mol. The van der Waals surface area contributed by atoms with E-state index in [2.05, 4.69) is 20.5 Å². The van der Waals surface area contributed by atoms with Crippen LogP contribution in [0.15, 0.2) is 47.0 Å². The quantitative estimate of drug-likeness (QED) is 0.753. The van der Waals surface area contributed by atoms with Gasteiger partial charge in [0, 0.05) is 30.8 Å². The molecular formula is C18H16N4O4. The first kappa shape index (κ1) is 16.1. The minimum Gasteiger partial charge on any atom is -0.486 e. The van der Waals surface area contributed by atoms with Crippen molar-refractivity contribution >= 4 is 11.6 Å². The van der Waals surface area contributed by atoms with Crippen molar-refractivity contribution in [3.8, 4) is 23.1 Å². The van der Waals surface area contributed by atoms with E-state index in [0.717, 1.165) is 0 Å². The number of aryl methyl sites for hydroxylation is 1. The van der Waals surface area contributed by atoms with Gasteiger partial charge in [0.25, 0.3) is 5.89 Å². The lowest BCUT2D eigenvalue weighted by atomic mass is 10.2. The summed E-state index contributed by atoms with van der Waals surface area (Å²) in [5.74, 6) is 1.89. The van der Waals surface area contributed by atoms with Crippen molar-refractivity contribution in [2.45, 2.75) is 12.8 Å². The van der Waals surface area contributed by atoms with Crippen LogP contribution < -0.4 is 14.8 Å². The van der Waals surface area contributed by atoms with E-state index in [1.807, 2.05) is 12.1 Å². The van der Waals surface area contributed by atoms with Gasteiger partial charge < -0.3 is 19.2 Å². The Kier molecular flexibility index (Phi) is 4.46. The molecule has 0 atom stereocenters. The molecule has 1 N–H and O–H groups in total. The summed E-state index contributed by atoms with van der Waals surface area (Å²) in [6, 6.07) is 10.7. The van der Waals surface area contributed by atoms with Gasteiger partial charge in [-0.1, -0.05) is 6.07 Å². The second-order valence-corrected chi connectivity index (χ2v) is 5.62. The molecule has 2 aromatic heterocycles. The van der Waals surface area contributed by atoms with Gasteiger partial charge in [-0.05, 0) is 24.3 Å². The van der Waals surface area contributed by atoms with Gasteiger partial charge in [-0.25, -0.2) is 0 Å². The number of rotatable bonds is 5. The second-order valence-electron chi connectivity index (χ2n) is 5.62. The number of carbonyl (C=O) groups is 1. The first-order chi connectivity index (χ1) is 12.8. The molecule has 3 heterocycles. The molecule has 26 heavy (non-hydrogen) atoms. The third kappa shape index (κ3) is 3.64. The zero-order chi connectivity index (χ0) is 17.8. The van der Waals surface area contributed by atoms with Crippen LogP contribution in [0.2, 0.25) is 0 Å². The van der Waals surface area contributed by atoms with Gasteiger partial charge in [0.2, 0.25) is 11.8 Å². The van der Waals surface area contributed by atoms with E-state index in [4.69, 9.17) is 13.9 Å². The summed E-state index contributed by atoms with van der Waals surface area (Å²) >= 11 is 0. The molecule has 3 aromatic rings. The second kappa shape index (κ2) is 7.22. The van der Waals surface area contributed by atoms with Gasteiger partial charge in [-0.15, -0.1) is 10.2 Å². The standard InChI is InChI=1S/C18H16N4O4/c23-16(20-12-4-5-14-15(11-12)25-10-9-24-14)6-7-17-21-22-18(26-17)13-3-1-2-8-19-13/h1-5,8,11H,6-7,9-10H2,(H,20,23). The molecule has 0 spiro atoms. The Labute approximate surface area is 149 Å². The highest BCUT2D eigenvalue weighted by atomic mass is 16.6. The van der Waals surface area contributed by atoms with Crippen LogP contribution in [0.4, 0.5) is 5.69 Å². The number of nitrogens with one attached hydrogen (secondary N) is 1. The average molecular weight is 352 g/mol. The zero-order valence-electron chi connectivity index (χ0n) is 13.8. The van der Waals surface area contributed by atoms with Crippen LogP contribution in [-0.4, -0.2) is 34.3 Å². The normalized spacial score (nSPS) is 12.6. The van der Waals surface area contributed by atoms with Crippen molar-refractivity contribution in [2.24, 2.45) is 0 Å². The monoisotopic (exact) mass is 352 g/mol. The summed E-state index contributed by atoms with van der Waals surface area (Å²) in [6.45, 7) is 1.03. The molecular weight excluding hydrogens is 336 g/mol. The van der Waals surface area contributed by atoms with Crippen LogP contribution in [0.25, 0.3) is 11.6 Å². The van der Waals surface area contributed by atoms with Crippen molar-refractivity contribution in [3.63, 3.8) is 0 Å². The van der Waals surface area contributed by atoms with E-state index >= 15 is 0 Å². The van der Waals surface area contributed by atoms with E-state index in [0.29, 0.717) is 54.3 Å². The number of hydrogen-bond donors (Lipinski definition) is 1. The Bertz CT molecular complexity index is 911. The lowest BCUT2D eigenvalue weighted by Crippen LogP contribution is -2.16. The largest absolute Gasteiger partial charge is 0.486 e. The van der Waals surface area contributed by atoms with E-state index in [-0.39, 0.29) is 12.3 Å². The minimum absolute atomic E-state index is 0.153. The Morgan fingerprint density at radius 2 is 1.96 bits per heavy atom. The summed E-state index contributed by atoms with van der Waals surface area (Å²) in [7, 11) is 0. The molecule has 1 amide bonds. The molecule has 1 aromatic carbocycles. The SMILES string of the molecule is O=C(CCc1nnc(-c2ccccn2)o1)Nc1ccc2c(c1)OCCO2. The molecule has 0 unspecified atom stereocenters. The Hall–Kier alpha value is -3.42. The number of carbonyl (C=O) groups excluding carboxylic acids is 1. The molecule has 4 rings (SSSR count). The Morgan fingerprint density at radius 3 is 2.81 bits per heavy atom. The summed E-state index contributed by atoms with van der Waals surface area (Å²) in [5, 5.41) is 10.7. The third-order valence-corrected chi connectivity index (χ3v) is 3.74. The predicted octanol–water partition coefficient (Wildman–Crippen LogP) is 2.47. The summed E-state index contributed by atoms with van der Waals surface area (Å²) in [5.41, 5.74) is 1.26. The van der Waals surface area contributed by atoms with E-state index < -0.39 is 0 Å². The molecule has 0 radical (unpaired) electrons. The first-order valence-electron chi connectivity index (χ1n) is 8.21. The summed E-state index contributed by atoms with van der Waals surface area (Å²) < 4.78 is 16.5. The van der Waals surface area contributed by atoms with Crippen molar-refractivity contribution in [1.82, 2.24) is 15.2 Å². The van der Waals surface area contributed by atoms with Crippen LogP contribution in [0.3, 0.4) is 0 Å². The third-order valence-electron chi connectivity index (χ3n) is 3.74. The van der Waals surface area contributed by atoms with Crippen LogP contribution >= 0.6 is 0 Å². The van der Waals surface area contributed by atoms with Crippen LogP contribution in [0, 0.1) is 0 Å². The topological polar surface area (TPSA) is 99.4 Å². The molecule has 8 heteroatoms. The van der Waals surface area contributed by atoms with E-state index in [1.165, 1.54) is 0 Å². The molecule has 132 valence electrons. The highest BCUT2D eigenvalue weighted by molar-refractivity contribution is 5.91. The number of ether oxygens (including phenoxy) is 2. The molecule has 0 bridgehead atoms. The fraction of sp³-hybridized carbons (Fsp3) is 0.222. The number of amides is 1. The smallest absolute Gasteiger partial charge is 0.266 e. The maximum Gasteiger partial charge on any atom is 0.266 e. The lowest BCUT2D eigenvalue weighted by Gasteiger charge is -2.18. The number of pyridine rings is 1. The number of benzene rings is 1. The maximum absolute atomic E-state index is 12.1. The Balaban J connectivity index is 1.34. The number of nitrogens with zero attached hydrogens (tertiary/aromatic N) is 3. The first-order valence-corrected chi connectivity index (χ1v) is 8.21. The molecule has 0 saturated heterocycles. The highest BCUT2D eigenvalue weighted by Crippen LogP contribution is 2.32. The molecule has 0 saturated carbocycles. The molecule has 1 aliphatic rings. The van der Waals surface area contributed by atoms with Gasteiger partial charge in [0.1, 0.15) is 18.9 Å². The molecule has 1 aliphatic heterocycles. The highest BCUT2D eigenvalue weighted by Gasteiger charge is 2.14. The van der Waals surface area contributed by atoms with Crippen LogP contribution in [0.1, 0.15) is 12.3 Å². The summed E-state index contributed by atoms with van der Waals surface area (Å²) in [6.07, 6.45) is 2.22. The van der Waals surface area contributed by atoms with E-state index in [9.17, 15) is 4.79 Å². The van der Waals surface area contributed by atoms with Crippen molar-refractivity contribution < 1.29 is 18.7 Å². The molecule has 0 fully saturated rings. The average Bonchev–Trinajstić information content (AvgIpc) is 3.16. The summed E-state index contributed by atoms with van der Waals surface area (Å²) in [4.78, 5) is 16.3. The van der Waals surface area contributed by atoms with Crippen molar-refractivity contribution in [2.75, 3.05) is 18.5 Å². The zero-order valence-corrected chi connectivity index (χ0v) is 13.8. The molecule has 8 nitrogen and oxygen atoms in total. The number of aromatic nitrogens is 3. The van der Waals surface area contributed by atoms with E-state index in [1.54, 1.807) is 30.5 Å². The Morgan fingerprint density at radius 1 is 1.08 bits per heavy atom. The van der Waals surface area contributed by atoms with Gasteiger partial charge in [-0.3, -0.25) is 9.78 Å². The molecule has 0 aliphatic carbocycles. The lowest BCUT2D eigenvalue weighted by molar-refractivity contribution is -0.116. The minimum atomic E-state index is -0.153. The number of fused-ring (bicyclic) bond motifs is 1. The maximum atomic E-state index is 12.1. The van der Waals surface area contributed by atoms with Crippen LogP contribution in [-0.2, 0) is 11.2 Å². The fourth-order valence-electron chi connectivity index (χ4n) is 2.51. The number of anilines is 1. The van der Waals surface area contributed by atoms with Crippen LogP contribution in [0.5, 0.6) is 11.5 Å². The van der Waals surface area contributed by atoms with Crippen molar-refractivity contribution in [3.05, 3.63) is 48.5 Å². The van der Waals surface area contributed by atoms with Gasteiger partial charge in [-0.2, -0.15) is 0 Å². The number of hydrogen-bond acceptors (Lipinski definition) is 7.